The first-order valence-electron chi connectivity index (χ1n) is 14.6. The first kappa shape index (κ1) is 31.6. The molecule has 1 aliphatic heterocycles. The summed E-state index contributed by atoms with van der Waals surface area (Å²) in [6, 6.07) is 21.4. The van der Waals surface area contributed by atoms with Crippen molar-refractivity contribution in [2.75, 3.05) is 20.3 Å². The number of aliphatic hydroxyl groups is 1. The van der Waals surface area contributed by atoms with E-state index in [9.17, 15) is 14.7 Å². The van der Waals surface area contributed by atoms with Crippen LogP contribution in [0.5, 0.6) is 11.5 Å². The monoisotopic (exact) mass is 622 g/mol. The molecule has 4 aromatic rings. The molecule has 0 saturated carbocycles. The number of fused-ring (bicyclic) bond motifs is 1. The molecule has 3 aromatic carbocycles. The second-order valence-corrected chi connectivity index (χ2v) is 10.5. The maximum absolute atomic E-state index is 12.5. The Morgan fingerprint density at radius 3 is 2.67 bits per heavy atom. The van der Waals surface area contributed by atoms with Gasteiger partial charge in [0.1, 0.15) is 6.61 Å². The summed E-state index contributed by atoms with van der Waals surface area (Å²) in [6.07, 6.45) is 2.49. The number of allylic oxidation sites excluding steroid dienone is 1. The molecule has 1 aliphatic rings. The van der Waals surface area contributed by atoms with Gasteiger partial charge in [-0.1, -0.05) is 36.4 Å². The molecule has 4 N–H and O–H groups in total. The van der Waals surface area contributed by atoms with Gasteiger partial charge >= 0.3 is 12.0 Å². The van der Waals surface area contributed by atoms with Crippen LogP contribution in [0.1, 0.15) is 42.1 Å². The van der Waals surface area contributed by atoms with Crippen LogP contribution in [0, 0.1) is 11.3 Å². The maximum atomic E-state index is 12.5. The third-order valence-electron chi connectivity index (χ3n) is 7.35. The smallest absolute Gasteiger partial charge is 0.337 e. The largest absolute Gasteiger partial charge is 0.490 e. The molecule has 2 atom stereocenters. The predicted octanol–water partition coefficient (Wildman–Crippen LogP) is 4.08. The van der Waals surface area contributed by atoms with Gasteiger partial charge in [0.25, 0.3) is 0 Å². The Labute approximate surface area is 265 Å². The highest BCUT2D eigenvalue weighted by atomic mass is 16.5. The van der Waals surface area contributed by atoms with Crippen molar-refractivity contribution in [1.82, 2.24) is 20.6 Å². The molecular weight excluding hydrogens is 588 g/mol. The number of carbonyl (C=O) groups is 2. The molecule has 0 aliphatic carbocycles. The number of aromatic nitrogens is 1. The van der Waals surface area contributed by atoms with Gasteiger partial charge < -0.3 is 34.5 Å². The molecule has 0 saturated heterocycles. The van der Waals surface area contributed by atoms with E-state index < -0.39 is 24.3 Å². The highest BCUT2D eigenvalue weighted by Crippen LogP contribution is 2.35. The second-order valence-electron chi connectivity index (χ2n) is 10.5. The summed E-state index contributed by atoms with van der Waals surface area (Å²) in [4.78, 5) is 24.7. The number of esters is 1. The molecular formula is C34H34N6O6. The van der Waals surface area contributed by atoms with Crippen LogP contribution in [-0.4, -0.2) is 54.4 Å². The average Bonchev–Trinajstić information content (AvgIpc) is 3.40. The Bertz CT molecular complexity index is 1840. The molecule has 0 unspecified atom stereocenters. The minimum atomic E-state index is -1.14. The number of nitrogens with zero attached hydrogens (tertiary/aromatic N) is 3. The van der Waals surface area contributed by atoms with Gasteiger partial charge in [-0.25, -0.2) is 9.59 Å². The predicted molar refractivity (Wildman–Crippen MR) is 171 cm³/mol. The van der Waals surface area contributed by atoms with Gasteiger partial charge in [-0.3, -0.25) is 5.43 Å². The zero-order valence-electron chi connectivity index (χ0n) is 25.6. The van der Waals surface area contributed by atoms with Gasteiger partial charge in [0.2, 0.25) is 0 Å². The summed E-state index contributed by atoms with van der Waals surface area (Å²) in [5.41, 5.74) is 7.51. The lowest BCUT2D eigenvalue weighted by molar-refractivity contribution is -0.136. The van der Waals surface area contributed by atoms with E-state index in [0.29, 0.717) is 41.5 Å². The lowest BCUT2D eigenvalue weighted by Gasteiger charge is -2.28. The third kappa shape index (κ3) is 7.11. The summed E-state index contributed by atoms with van der Waals surface area (Å²) in [7, 11) is 1.28. The van der Waals surface area contributed by atoms with Crippen LogP contribution in [-0.2, 0) is 16.1 Å². The first-order valence-corrected chi connectivity index (χ1v) is 14.6. The van der Waals surface area contributed by atoms with E-state index in [1.165, 1.54) is 7.11 Å². The van der Waals surface area contributed by atoms with Gasteiger partial charge in [0.15, 0.2) is 17.7 Å². The Morgan fingerprint density at radius 1 is 1.15 bits per heavy atom. The normalized spacial score (nSPS) is 15.2. The quantitative estimate of drug-likeness (QED) is 0.0796. The number of urea groups is 1. The van der Waals surface area contributed by atoms with Crippen molar-refractivity contribution in [3.63, 3.8) is 0 Å². The van der Waals surface area contributed by atoms with E-state index in [1.54, 1.807) is 43.5 Å². The van der Waals surface area contributed by atoms with Crippen molar-refractivity contribution in [2.24, 2.45) is 5.10 Å². The Hall–Kier alpha value is -5.80. The van der Waals surface area contributed by atoms with Crippen LogP contribution < -0.4 is 25.5 Å². The van der Waals surface area contributed by atoms with E-state index in [2.05, 4.69) is 31.8 Å². The summed E-state index contributed by atoms with van der Waals surface area (Å²) in [5, 5.41) is 30.2. The van der Waals surface area contributed by atoms with Crippen LogP contribution in [0.2, 0.25) is 0 Å². The number of para-hydroxylation sites is 1. The zero-order valence-corrected chi connectivity index (χ0v) is 25.6. The molecule has 0 fully saturated rings. The molecule has 0 radical (unpaired) electrons. The number of nitrogens with one attached hydrogen (secondary N) is 3. The highest BCUT2D eigenvalue weighted by Gasteiger charge is 2.32. The van der Waals surface area contributed by atoms with Crippen molar-refractivity contribution in [3.05, 3.63) is 106 Å². The number of hydrazone groups is 1. The van der Waals surface area contributed by atoms with Crippen LogP contribution >= 0.6 is 0 Å². The third-order valence-corrected chi connectivity index (χ3v) is 7.35. The van der Waals surface area contributed by atoms with Gasteiger partial charge in [0, 0.05) is 34.9 Å². The number of nitriles is 1. The lowest BCUT2D eigenvalue weighted by Crippen LogP contribution is -2.45. The van der Waals surface area contributed by atoms with Crippen molar-refractivity contribution in [3.8, 4) is 17.6 Å². The van der Waals surface area contributed by atoms with Crippen LogP contribution in [0.3, 0.4) is 0 Å². The fourth-order valence-corrected chi connectivity index (χ4v) is 5.21. The fraction of sp³-hybridized carbons (Fsp3) is 0.235. The Morgan fingerprint density at radius 2 is 1.93 bits per heavy atom. The summed E-state index contributed by atoms with van der Waals surface area (Å²) < 4.78 is 18.7. The summed E-state index contributed by atoms with van der Waals surface area (Å²) in [5.74, 6) is 0.168. The zero-order chi connectivity index (χ0) is 32.6. The van der Waals surface area contributed by atoms with Gasteiger partial charge in [-0.05, 0) is 55.3 Å². The SMILES string of the molecule is CCOc1cc([C@H]2NC(=O)NC(C)=C2C(=O)OC)ccc1OC[C@H](O)N/N=C/c1cn(Cc2ccc(C#N)cc2)c2ccccc12. The van der Waals surface area contributed by atoms with E-state index in [0.717, 1.165) is 22.0 Å². The highest BCUT2D eigenvalue weighted by molar-refractivity contribution is 5.99. The molecule has 2 amide bonds. The standard InChI is InChI=1S/C34H34N6O6/c1-4-45-29-15-24(32-31(33(42)44-3)21(2)37-34(43)38-32)13-14-28(29)46-20-30(41)39-36-17-25-19-40(27-8-6-5-7-26(25)27)18-23-11-9-22(16-35)10-12-23/h5-15,17,19,30,32,39,41H,4,18,20H2,1-3H3,(H2,37,38,43)/b36-17+/t30-,32+/m0/s1. The van der Waals surface area contributed by atoms with Crippen molar-refractivity contribution in [2.45, 2.75) is 32.7 Å². The van der Waals surface area contributed by atoms with Crippen LogP contribution in [0.25, 0.3) is 10.9 Å². The van der Waals surface area contributed by atoms with E-state index in [4.69, 9.17) is 19.5 Å². The number of ether oxygens (including phenoxy) is 3. The molecule has 5 rings (SSSR count). The van der Waals surface area contributed by atoms with Gasteiger partial charge in [-0.2, -0.15) is 10.4 Å². The molecule has 0 spiro atoms. The van der Waals surface area contributed by atoms with E-state index >= 15 is 0 Å². The molecule has 12 heteroatoms. The number of amides is 2. The number of carbonyl (C=O) groups excluding carboxylic acids is 2. The number of methoxy groups -OCH3 is 1. The van der Waals surface area contributed by atoms with E-state index in [1.807, 2.05) is 49.5 Å². The molecule has 1 aromatic heterocycles. The van der Waals surface area contributed by atoms with Crippen LogP contribution in [0.4, 0.5) is 4.79 Å². The Kier molecular flexibility index (Phi) is 9.84. The number of benzene rings is 3. The van der Waals surface area contributed by atoms with Crippen molar-refractivity contribution in [1.29, 1.82) is 5.26 Å². The minimum Gasteiger partial charge on any atom is -0.490 e. The molecule has 236 valence electrons. The minimum absolute atomic E-state index is 0.145. The molecule has 0 bridgehead atoms. The molecule has 46 heavy (non-hydrogen) atoms. The number of rotatable bonds is 12. The molecule has 2 heterocycles. The maximum Gasteiger partial charge on any atom is 0.337 e. The lowest BCUT2D eigenvalue weighted by atomic mass is 9.95. The Balaban J connectivity index is 1.25. The van der Waals surface area contributed by atoms with Gasteiger partial charge in [0.05, 0.1) is 43.2 Å². The van der Waals surface area contributed by atoms with Crippen molar-refractivity contribution < 1.29 is 28.9 Å². The van der Waals surface area contributed by atoms with E-state index in [-0.39, 0.29) is 12.2 Å². The first-order chi connectivity index (χ1) is 22.3. The van der Waals surface area contributed by atoms with Crippen LogP contribution in [0.15, 0.2) is 89.3 Å². The van der Waals surface area contributed by atoms with Crippen molar-refractivity contribution >= 4 is 29.1 Å². The number of aliphatic hydroxyl groups excluding tert-OH is 1. The summed E-state index contributed by atoms with van der Waals surface area (Å²) in [6.45, 7) is 4.26. The second kappa shape index (κ2) is 14.3. The molecule has 12 nitrogen and oxygen atoms in total. The number of hydrogen-bond donors (Lipinski definition) is 4. The average molecular weight is 623 g/mol. The fourth-order valence-electron chi connectivity index (χ4n) is 5.21. The topological polar surface area (TPSA) is 159 Å². The van der Waals surface area contributed by atoms with Gasteiger partial charge in [-0.15, -0.1) is 0 Å². The summed E-state index contributed by atoms with van der Waals surface area (Å²) >= 11 is 0. The number of hydrogen-bond acceptors (Lipinski definition) is 9.